The third kappa shape index (κ3) is 5.47. The molecule has 0 saturated carbocycles. The van der Waals surface area contributed by atoms with Crippen LogP contribution in [0.4, 0.5) is 27.6 Å². The number of anilines is 1. The molecule has 0 aliphatic rings. The van der Waals surface area contributed by atoms with Crippen molar-refractivity contribution in [2.45, 2.75) is 19.7 Å². The summed E-state index contributed by atoms with van der Waals surface area (Å²) in [5.74, 6) is -1.15. The maximum atomic E-state index is 13.8. The van der Waals surface area contributed by atoms with Crippen LogP contribution in [0.3, 0.4) is 0 Å². The molecular weight excluding hydrogens is 527 g/mol. The Morgan fingerprint density at radius 3 is 2.36 bits per heavy atom. The molecule has 0 atom stereocenters. The van der Waals surface area contributed by atoms with Crippen molar-refractivity contribution in [2.24, 2.45) is 7.05 Å². The molecule has 4 rings (SSSR count). The summed E-state index contributed by atoms with van der Waals surface area (Å²) in [4.78, 5) is 30.5. The number of carbonyl (C=O) groups excluding carboxylic acids is 1. The van der Waals surface area contributed by atoms with Gasteiger partial charge in [-0.3, -0.25) is 14.3 Å². The molecule has 0 aliphatic carbocycles. The number of nitrogens with one attached hydrogen (secondary N) is 1. The fraction of sp³-hybridized carbons (Fsp3) is 0.192. The van der Waals surface area contributed by atoms with Crippen molar-refractivity contribution in [3.8, 4) is 28.6 Å². The summed E-state index contributed by atoms with van der Waals surface area (Å²) in [5.41, 5.74) is -1.32. The average molecular weight is 548 g/mol. The third-order valence-electron chi connectivity index (χ3n) is 5.81. The number of hydrogen-bond donors (Lipinski definition) is 1. The zero-order valence-electron chi connectivity index (χ0n) is 20.7. The summed E-state index contributed by atoms with van der Waals surface area (Å²) in [6.07, 6.45) is -3.71. The minimum absolute atomic E-state index is 0.0166. The van der Waals surface area contributed by atoms with E-state index in [0.29, 0.717) is 21.6 Å². The topological polar surface area (TPSA) is 87.4 Å². The van der Waals surface area contributed by atoms with Gasteiger partial charge in [0.2, 0.25) is 0 Å². The van der Waals surface area contributed by atoms with Gasteiger partial charge in [0.1, 0.15) is 22.7 Å². The number of pyridine rings is 1. The first-order valence-electron chi connectivity index (χ1n) is 11.3. The third-order valence-corrected chi connectivity index (χ3v) is 5.81. The van der Waals surface area contributed by atoms with Gasteiger partial charge >= 0.3 is 12.8 Å². The highest BCUT2D eigenvalue weighted by atomic mass is 19.4. The Hall–Kier alpha value is -4.68. The van der Waals surface area contributed by atoms with Gasteiger partial charge in [0.25, 0.3) is 11.5 Å². The van der Waals surface area contributed by atoms with Crippen molar-refractivity contribution in [1.29, 1.82) is 0 Å². The lowest BCUT2D eigenvalue weighted by Gasteiger charge is -2.15. The highest BCUT2D eigenvalue weighted by Gasteiger charge is 2.36. The molecule has 2 aromatic heterocycles. The van der Waals surface area contributed by atoms with Crippen LogP contribution in [0.2, 0.25) is 0 Å². The number of benzene rings is 2. The fourth-order valence-electron chi connectivity index (χ4n) is 4.07. The molecule has 8 nitrogen and oxygen atoms in total. The maximum Gasteiger partial charge on any atom is 0.420 e. The van der Waals surface area contributed by atoms with Gasteiger partial charge in [0.15, 0.2) is 5.82 Å². The fourth-order valence-corrected chi connectivity index (χ4v) is 4.07. The Kier molecular flexibility index (Phi) is 7.43. The zero-order valence-corrected chi connectivity index (χ0v) is 20.7. The Morgan fingerprint density at radius 1 is 1.08 bits per heavy atom. The number of aromatic nitrogens is 3. The van der Waals surface area contributed by atoms with Gasteiger partial charge < -0.3 is 14.8 Å². The van der Waals surface area contributed by atoms with Crippen molar-refractivity contribution in [2.75, 3.05) is 12.4 Å². The average Bonchev–Trinajstić information content (AvgIpc) is 3.12. The molecule has 1 amide bonds. The number of nitrogens with zero attached hydrogens (tertiary/aromatic N) is 3. The molecule has 0 unspecified atom stereocenters. The first-order valence-corrected chi connectivity index (χ1v) is 11.3. The minimum atomic E-state index is -4.82. The summed E-state index contributed by atoms with van der Waals surface area (Å²) in [6.45, 7) is -1.32. The molecular formula is C26H21F5N4O4. The van der Waals surface area contributed by atoms with Gasteiger partial charge in [-0.15, -0.1) is 0 Å². The van der Waals surface area contributed by atoms with Crippen molar-refractivity contribution in [3.63, 3.8) is 0 Å². The second-order valence-electron chi connectivity index (χ2n) is 8.28. The molecule has 0 fully saturated rings. The maximum absolute atomic E-state index is 13.8. The smallest absolute Gasteiger partial charge is 0.420 e. The van der Waals surface area contributed by atoms with E-state index in [0.717, 1.165) is 35.1 Å². The quantitative estimate of drug-likeness (QED) is 0.312. The molecule has 204 valence electrons. The van der Waals surface area contributed by atoms with E-state index in [2.05, 4.69) is 15.0 Å². The van der Waals surface area contributed by atoms with E-state index in [9.17, 15) is 31.5 Å². The monoisotopic (exact) mass is 548 g/mol. The lowest BCUT2D eigenvalue weighted by molar-refractivity contribution is -0.137. The number of alkyl halides is 5. The molecule has 0 bridgehead atoms. The number of methoxy groups -OCH3 is 1. The van der Waals surface area contributed by atoms with Gasteiger partial charge in [-0.2, -0.15) is 26.6 Å². The van der Waals surface area contributed by atoms with Crippen LogP contribution in [0, 0.1) is 6.92 Å². The molecule has 0 aliphatic heterocycles. The number of carbonyl (C=O) groups is 1. The number of rotatable bonds is 7. The van der Waals surface area contributed by atoms with Crippen LogP contribution in [0.1, 0.15) is 21.5 Å². The van der Waals surface area contributed by atoms with Gasteiger partial charge in [0.05, 0.1) is 12.8 Å². The van der Waals surface area contributed by atoms with E-state index in [4.69, 9.17) is 4.74 Å². The lowest BCUT2D eigenvalue weighted by Crippen LogP contribution is -2.26. The van der Waals surface area contributed by atoms with Gasteiger partial charge in [0, 0.05) is 24.4 Å². The van der Waals surface area contributed by atoms with E-state index in [-0.39, 0.29) is 22.7 Å². The lowest BCUT2D eigenvalue weighted by atomic mass is 10.1. The van der Waals surface area contributed by atoms with E-state index in [1.807, 2.05) is 0 Å². The summed E-state index contributed by atoms with van der Waals surface area (Å²) in [6, 6.07) is 11.4. The summed E-state index contributed by atoms with van der Waals surface area (Å²) in [5, 5.41) is 2.47. The first-order chi connectivity index (χ1) is 18.4. The summed E-state index contributed by atoms with van der Waals surface area (Å²) >= 11 is 0. The van der Waals surface area contributed by atoms with Crippen LogP contribution in [0.15, 0.2) is 65.6 Å². The first kappa shape index (κ1) is 27.4. The normalized spacial score (nSPS) is 11.5. The largest absolute Gasteiger partial charge is 0.496 e. The zero-order chi connectivity index (χ0) is 28.5. The van der Waals surface area contributed by atoms with Crippen LogP contribution < -0.4 is 20.3 Å². The highest BCUT2D eigenvalue weighted by molar-refractivity contribution is 6.06. The number of hydrogen-bond acceptors (Lipinski definition) is 5. The molecule has 0 radical (unpaired) electrons. The molecule has 1 N–H and O–H groups in total. The summed E-state index contributed by atoms with van der Waals surface area (Å²) < 4.78 is 77.7. The number of ether oxygens (including phenoxy) is 2. The number of halogens is 5. The van der Waals surface area contributed by atoms with E-state index in [1.165, 1.54) is 26.3 Å². The van der Waals surface area contributed by atoms with E-state index < -0.39 is 35.6 Å². The Labute approximate surface area is 218 Å². The second kappa shape index (κ2) is 10.6. The van der Waals surface area contributed by atoms with Gasteiger partial charge in [-0.05, 0) is 67.1 Å². The van der Waals surface area contributed by atoms with E-state index >= 15 is 0 Å². The van der Waals surface area contributed by atoms with Crippen LogP contribution in [-0.2, 0) is 13.2 Å². The molecule has 13 heteroatoms. The van der Waals surface area contributed by atoms with Crippen LogP contribution in [-0.4, -0.2) is 34.0 Å². The minimum Gasteiger partial charge on any atom is -0.496 e. The standard InChI is InChI=1S/C26H21F5N4O4/c1-14-13-16(8-11-19(14)38-3)21-20(33-23(36)15-6-9-17(10-7-15)39-25(27)28)24(37)35(34(21)2)22-18(26(29,30)31)5-4-12-32-22/h4-13,25H,1-3H3,(H,33,36). The van der Waals surface area contributed by atoms with Gasteiger partial charge in [-0.1, -0.05) is 0 Å². The molecule has 0 saturated heterocycles. The van der Waals surface area contributed by atoms with E-state index in [1.54, 1.807) is 25.1 Å². The molecule has 0 spiro atoms. The highest BCUT2D eigenvalue weighted by Crippen LogP contribution is 2.35. The van der Waals surface area contributed by atoms with Crippen molar-refractivity contribution in [1.82, 2.24) is 14.3 Å². The van der Waals surface area contributed by atoms with Crippen molar-refractivity contribution < 1.29 is 36.2 Å². The second-order valence-corrected chi connectivity index (χ2v) is 8.28. The van der Waals surface area contributed by atoms with Gasteiger partial charge in [-0.25, -0.2) is 4.98 Å². The Bertz CT molecular complexity index is 1580. The predicted octanol–water partition coefficient (Wildman–Crippen LogP) is 5.43. The Morgan fingerprint density at radius 2 is 1.77 bits per heavy atom. The van der Waals surface area contributed by atoms with Crippen LogP contribution in [0.5, 0.6) is 11.5 Å². The molecule has 4 aromatic rings. The SMILES string of the molecule is COc1ccc(-c2c(NC(=O)c3ccc(OC(F)F)cc3)c(=O)n(-c3ncccc3C(F)(F)F)n2C)cc1C. The van der Waals surface area contributed by atoms with Crippen LogP contribution in [0.25, 0.3) is 17.1 Å². The number of amides is 1. The van der Waals surface area contributed by atoms with Crippen molar-refractivity contribution in [3.05, 3.63) is 87.8 Å². The number of aryl methyl sites for hydroxylation is 1. The molecule has 2 heterocycles. The van der Waals surface area contributed by atoms with Crippen molar-refractivity contribution >= 4 is 11.6 Å². The summed E-state index contributed by atoms with van der Waals surface area (Å²) in [7, 11) is 2.83. The Balaban J connectivity index is 1.88. The molecule has 2 aromatic carbocycles. The predicted molar refractivity (Wildman–Crippen MR) is 132 cm³/mol. The molecule has 39 heavy (non-hydrogen) atoms. The van der Waals surface area contributed by atoms with Crippen LogP contribution >= 0.6 is 0 Å².